The molecule has 0 saturated carbocycles. The number of sulfonamides is 1. The third kappa shape index (κ3) is 6.01. The number of rotatable bonds is 7. The molecule has 2 aliphatic heterocycles. The van der Waals surface area contributed by atoms with Gasteiger partial charge in [0, 0.05) is 36.9 Å². The predicted octanol–water partition coefficient (Wildman–Crippen LogP) is 3.54. The third-order valence-electron chi connectivity index (χ3n) is 6.47. The Morgan fingerprint density at radius 2 is 1.97 bits per heavy atom. The van der Waals surface area contributed by atoms with Crippen molar-refractivity contribution in [1.29, 1.82) is 0 Å². The number of hydrogen-bond donors (Lipinski definition) is 2. The van der Waals surface area contributed by atoms with Crippen molar-refractivity contribution < 1.29 is 35.5 Å². The molecule has 2 heterocycles. The molecule has 201 valence electrons. The first-order valence-corrected chi connectivity index (χ1v) is 13.4. The lowest BCUT2D eigenvalue weighted by molar-refractivity contribution is -0.130. The lowest BCUT2D eigenvalue weighted by atomic mass is 9.80. The maximum atomic E-state index is 15.2. The summed E-state index contributed by atoms with van der Waals surface area (Å²) in [5.41, 5.74) is 1.43. The number of alkyl halides is 3. The maximum absolute atomic E-state index is 15.2. The Kier molecular flexibility index (Phi) is 7.44. The van der Waals surface area contributed by atoms with E-state index in [0.717, 1.165) is 0 Å². The second-order valence-corrected chi connectivity index (χ2v) is 11.3. The van der Waals surface area contributed by atoms with Crippen molar-refractivity contribution in [3.8, 4) is 5.75 Å². The number of allylic oxidation sites excluding steroid dienone is 1. The van der Waals surface area contributed by atoms with Crippen molar-refractivity contribution in [1.82, 2.24) is 14.9 Å². The summed E-state index contributed by atoms with van der Waals surface area (Å²) in [6, 6.07) is 4.28. The van der Waals surface area contributed by atoms with Crippen molar-refractivity contribution in [2.45, 2.75) is 44.5 Å². The topological polar surface area (TPSA) is 87.7 Å². The highest BCUT2D eigenvalue weighted by Crippen LogP contribution is 2.39. The van der Waals surface area contributed by atoms with Crippen LogP contribution in [-0.2, 0) is 14.8 Å². The minimum atomic E-state index is -4.92. The molecule has 3 unspecified atom stereocenters. The lowest BCUT2D eigenvalue weighted by Crippen LogP contribution is -2.47. The van der Waals surface area contributed by atoms with E-state index >= 15 is 4.39 Å². The van der Waals surface area contributed by atoms with Gasteiger partial charge in [-0.05, 0) is 42.2 Å². The molecule has 1 aromatic carbocycles. The fourth-order valence-electron chi connectivity index (χ4n) is 4.81. The lowest BCUT2D eigenvalue weighted by Gasteiger charge is -2.35. The molecule has 0 bridgehead atoms. The molecule has 2 N–H and O–H groups in total. The third-order valence-corrected chi connectivity index (χ3v) is 7.72. The molecule has 0 spiro atoms. The number of amides is 1. The number of likely N-dealkylation sites (N-methyl/N-ethyl adjacent to an activating group) is 1. The van der Waals surface area contributed by atoms with Gasteiger partial charge in [0.15, 0.2) is 17.3 Å². The molecule has 4 rings (SSSR count). The van der Waals surface area contributed by atoms with Crippen LogP contribution in [-0.4, -0.2) is 56.9 Å². The molecule has 3 atom stereocenters. The molecule has 0 aromatic heterocycles. The smallest absolute Gasteiger partial charge is 0.404 e. The summed E-state index contributed by atoms with van der Waals surface area (Å²) >= 11 is 0. The van der Waals surface area contributed by atoms with Gasteiger partial charge < -0.3 is 15.0 Å². The number of ether oxygens (including phenoxy) is 1. The van der Waals surface area contributed by atoms with Crippen molar-refractivity contribution in [2.75, 3.05) is 19.3 Å². The van der Waals surface area contributed by atoms with Gasteiger partial charge in [-0.3, -0.25) is 9.52 Å². The minimum absolute atomic E-state index is 0.0187. The molecule has 1 aliphatic carbocycles. The average molecular weight is 543 g/mol. The number of hydrogen-bond acceptors (Lipinski definition) is 5. The molecule has 1 radical (unpaired) electrons. The number of nitrogens with zero attached hydrogens (tertiary/aromatic N) is 1. The Morgan fingerprint density at radius 3 is 2.65 bits per heavy atom. The Labute approximate surface area is 213 Å². The van der Waals surface area contributed by atoms with Crippen LogP contribution in [0.4, 0.5) is 17.6 Å². The highest BCUT2D eigenvalue weighted by Gasteiger charge is 2.43. The Bertz CT molecular complexity index is 1270. The first-order chi connectivity index (χ1) is 17.3. The number of fused-ring (bicyclic) bond motifs is 1. The second kappa shape index (κ2) is 10.1. The number of carbonyl (C=O) groups excluding carboxylic acids is 1. The van der Waals surface area contributed by atoms with Gasteiger partial charge in [0.1, 0.15) is 6.10 Å². The summed E-state index contributed by atoms with van der Waals surface area (Å²) in [4.78, 5) is 14.0. The first kappa shape index (κ1) is 27.2. The van der Waals surface area contributed by atoms with Crippen molar-refractivity contribution in [2.24, 2.45) is 5.92 Å². The van der Waals surface area contributed by atoms with Crippen LogP contribution >= 0.6 is 0 Å². The normalized spacial score (nSPS) is 24.4. The molecule has 12 heteroatoms. The molecule has 7 nitrogen and oxygen atoms in total. The Balaban J connectivity index is 1.72. The number of carbonyl (C=O) groups is 1. The van der Waals surface area contributed by atoms with Gasteiger partial charge in [-0.2, -0.15) is 13.2 Å². The van der Waals surface area contributed by atoms with Crippen LogP contribution < -0.4 is 14.8 Å². The molecule has 37 heavy (non-hydrogen) atoms. The second-order valence-electron chi connectivity index (χ2n) is 9.60. The summed E-state index contributed by atoms with van der Waals surface area (Å²) in [5, 5.41) is 3.16. The standard InChI is InChI=1S/C25H28F4N3O4S/c1-14(2)16-5-4-6-21(22(16)26)36-20-8-7-15(31-37(34,35)13-25(27,28)29)11-18(20)19-12-32(3)24(33)23-17(19)9-10-30-23/h4-8,11-12,14,17,20,23,30-31H,9-10,13H2,1-3H3. The molecule has 1 amide bonds. The Morgan fingerprint density at radius 1 is 1.24 bits per heavy atom. The van der Waals surface area contributed by atoms with Crippen LogP contribution in [0.3, 0.4) is 0 Å². The van der Waals surface area contributed by atoms with Crippen LogP contribution in [0, 0.1) is 18.2 Å². The van der Waals surface area contributed by atoms with Gasteiger partial charge in [0.25, 0.3) is 0 Å². The summed E-state index contributed by atoms with van der Waals surface area (Å²) < 4.78 is 85.7. The molecular weight excluding hydrogens is 514 g/mol. The van der Waals surface area contributed by atoms with Gasteiger partial charge in [-0.15, -0.1) is 0 Å². The van der Waals surface area contributed by atoms with Crippen molar-refractivity contribution in [3.63, 3.8) is 0 Å². The van der Waals surface area contributed by atoms with Crippen LogP contribution in [0.5, 0.6) is 5.75 Å². The summed E-state index contributed by atoms with van der Waals surface area (Å²) in [6.07, 6.45) is 0.539. The molecule has 3 aliphatic rings. The fourth-order valence-corrected chi connectivity index (χ4v) is 5.80. The molecule has 1 saturated heterocycles. The highest BCUT2D eigenvalue weighted by atomic mass is 32.2. The number of halogens is 4. The fraction of sp³-hybridized carbons (Fsp3) is 0.440. The van der Waals surface area contributed by atoms with Crippen molar-refractivity contribution in [3.05, 3.63) is 71.2 Å². The van der Waals surface area contributed by atoms with Crippen LogP contribution in [0.2, 0.25) is 0 Å². The van der Waals surface area contributed by atoms with E-state index in [1.54, 1.807) is 25.4 Å². The van der Waals surface area contributed by atoms with Crippen LogP contribution in [0.25, 0.3) is 0 Å². The van der Waals surface area contributed by atoms with E-state index in [0.29, 0.717) is 29.7 Å². The van der Waals surface area contributed by atoms with Gasteiger partial charge in [0.05, 0.1) is 6.04 Å². The molecule has 1 fully saturated rings. The quantitative estimate of drug-likeness (QED) is 0.515. The van der Waals surface area contributed by atoms with Gasteiger partial charge in [-0.25, -0.2) is 12.8 Å². The van der Waals surface area contributed by atoms with E-state index in [9.17, 15) is 26.4 Å². The number of benzene rings is 1. The highest BCUT2D eigenvalue weighted by molar-refractivity contribution is 7.89. The van der Waals surface area contributed by atoms with E-state index in [2.05, 4.69) is 5.32 Å². The summed E-state index contributed by atoms with van der Waals surface area (Å²) in [7, 11) is -3.15. The summed E-state index contributed by atoms with van der Waals surface area (Å²) in [6.45, 7) is 4.26. The van der Waals surface area contributed by atoms with Gasteiger partial charge >= 0.3 is 6.18 Å². The average Bonchev–Trinajstić information content (AvgIpc) is 3.27. The predicted molar refractivity (Wildman–Crippen MR) is 129 cm³/mol. The first-order valence-electron chi connectivity index (χ1n) is 11.8. The van der Waals surface area contributed by atoms with E-state index in [4.69, 9.17) is 4.74 Å². The van der Waals surface area contributed by atoms with E-state index in [1.165, 1.54) is 29.5 Å². The molecular formula is C25H28F4N3O4S. The zero-order chi connectivity index (χ0) is 27.1. The van der Waals surface area contributed by atoms with E-state index < -0.39 is 39.9 Å². The summed E-state index contributed by atoms with van der Waals surface area (Å²) in [5.74, 6) is -3.10. The van der Waals surface area contributed by atoms with Gasteiger partial charge in [-0.1, -0.05) is 32.1 Å². The minimum Gasteiger partial charge on any atom is -0.482 e. The molecule has 1 aromatic rings. The number of nitrogens with one attached hydrogen (secondary N) is 2. The zero-order valence-electron chi connectivity index (χ0n) is 20.5. The largest absolute Gasteiger partial charge is 0.482 e. The zero-order valence-corrected chi connectivity index (χ0v) is 21.3. The van der Waals surface area contributed by atoms with E-state index in [1.807, 2.05) is 18.6 Å². The van der Waals surface area contributed by atoms with Gasteiger partial charge in [0.2, 0.25) is 15.9 Å². The SMILES string of the molecule is CC(C)c1cccc(OC2[CH]C=C(NS(=O)(=O)CC(F)(F)F)C=C2C2=CN(C)C(=O)C3NCCC23)c1F. The monoisotopic (exact) mass is 542 g/mol. The maximum Gasteiger partial charge on any atom is 0.404 e. The van der Waals surface area contributed by atoms with Crippen LogP contribution in [0.15, 0.2) is 53.4 Å². The van der Waals surface area contributed by atoms with Crippen LogP contribution in [0.1, 0.15) is 31.7 Å². The Hall–Kier alpha value is -2.86. The van der Waals surface area contributed by atoms with Crippen molar-refractivity contribution >= 4 is 15.9 Å². The van der Waals surface area contributed by atoms with E-state index in [-0.39, 0.29) is 29.2 Å².